The van der Waals surface area contributed by atoms with Crippen LogP contribution in [0.5, 0.6) is 0 Å². The average molecular weight is 298 g/mol. The van der Waals surface area contributed by atoms with Crippen molar-refractivity contribution in [3.8, 4) is 0 Å². The number of carbonyl (C=O) groups is 2. The first-order chi connectivity index (χ1) is 9.54. The second-order valence-electron chi connectivity index (χ2n) is 4.39. The first kappa shape index (κ1) is 13.0. The molecule has 8 heteroatoms. The number of halogens is 2. The zero-order chi connectivity index (χ0) is 14.4. The van der Waals surface area contributed by atoms with Crippen LogP contribution in [-0.2, 0) is 0 Å². The second-order valence-corrected chi connectivity index (χ2v) is 5.36. The number of rotatable bonds is 2. The van der Waals surface area contributed by atoms with Crippen molar-refractivity contribution in [3.05, 3.63) is 23.3 Å². The highest BCUT2D eigenvalue weighted by molar-refractivity contribution is 8.14. The van der Waals surface area contributed by atoms with Gasteiger partial charge in [0.25, 0.3) is 5.24 Å². The van der Waals surface area contributed by atoms with E-state index in [1.807, 2.05) is 0 Å². The van der Waals surface area contributed by atoms with Gasteiger partial charge in [-0.2, -0.15) is 4.39 Å². The van der Waals surface area contributed by atoms with Crippen LogP contribution in [0.25, 0.3) is 11.0 Å². The molecule has 1 aliphatic heterocycles. The van der Waals surface area contributed by atoms with Gasteiger partial charge in [0.05, 0.1) is 10.9 Å². The minimum atomic E-state index is -1.29. The van der Waals surface area contributed by atoms with Crippen LogP contribution >= 0.6 is 11.8 Å². The van der Waals surface area contributed by atoms with E-state index in [1.54, 1.807) is 6.92 Å². The van der Waals surface area contributed by atoms with E-state index in [9.17, 15) is 18.4 Å². The molecule has 1 amide bonds. The van der Waals surface area contributed by atoms with Gasteiger partial charge in [0.2, 0.25) is 11.4 Å². The molecule has 1 aliphatic rings. The molecule has 20 heavy (non-hydrogen) atoms. The van der Waals surface area contributed by atoms with E-state index >= 15 is 0 Å². The van der Waals surface area contributed by atoms with Crippen molar-refractivity contribution in [2.75, 3.05) is 10.7 Å². The zero-order valence-corrected chi connectivity index (χ0v) is 11.0. The van der Waals surface area contributed by atoms with Crippen LogP contribution in [0.15, 0.2) is 10.6 Å². The lowest BCUT2D eigenvalue weighted by molar-refractivity contribution is 0.111. The first-order valence-electron chi connectivity index (χ1n) is 5.73. The summed E-state index contributed by atoms with van der Waals surface area (Å²) in [6.45, 7) is 1.80. The second kappa shape index (κ2) is 4.55. The van der Waals surface area contributed by atoms with Gasteiger partial charge in [-0.3, -0.25) is 14.5 Å². The number of benzene rings is 1. The van der Waals surface area contributed by atoms with Crippen molar-refractivity contribution in [3.63, 3.8) is 0 Å². The third-order valence-electron chi connectivity index (χ3n) is 3.09. The fraction of sp³-hybridized carbons (Fsp3) is 0.250. The third-order valence-corrected chi connectivity index (χ3v) is 4.19. The van der Waals surface area contributed by atoms with Crippen molar-refractivity contribution in [1.82, 2.24) is 5.16 Å². The van der Waals surface area contributed by atoms with Crippen LogP contribution in [0.3, 0.4) is 0 Å². The molecule has 104 valence electrons. The van der Waals surface area contributed by atoms with E-state index in [4.69, 9.17) is 4.52 Å². The molecule has 1 aromatic heterocycles. The Hall–Kier alpha value is -1.96. The number of thioether (sulfide) groups is 1. The maximum atomic E-state index is 13.8. The summed E-state index contributed by atoms with van der Waals surface area (Å²) >= 11 is 1.11. The smallest absolute Gasteiger partial charge is 0.287 e. The van der Waals surface area contributed by atoms with Crippen molar-refractivity contribution in [2.24, 2.45) is 0 Å². The van der Waals surface area contributed by atoms with Gasteiger partial charge in [0.15, 0.2) is 17.9 Å². The number of hydrogen-bond acceptors (Lipinski definition) is 5. The molecule has 2 heterocycles. The molecule has 0 unspecified atom stereocenters. The predicted octanol–water partition coefficient (Wildman–Crippen LogP) is 2.98. The summed E-state index contributed by atoms with van der Waals surface area (Å²) < 4.78 is 32.0. The highest BCUT2D eigenvalue weighted by Gasteiger charge is 2.34. The van der Waals surface area contributed by atoms with Crippen molar-refractivity contribution in [2.45, 2.75) is 13.0 Å². The number of aromatic nitrogens is 1. The van der Waals surface area contributed by atoms with Gasteiger partial charge >= 0.3 is 0 Å². The fourth-order valence-corrected chi connectivity index (χ4v) is 3.03. The van der Waals surface area contributed by atoms with Gasteiger partial charge in [0.1, 0.15) is 0 Å². The number of hydrogen-bond donors (Lipinski definition) is 0. The first-order valence-corrected chi connectivity index (χ1v) is 6.71. The number of carbonyl (C=O) groups excluding carboxylic acids is 2. The number of nitrogens with zero attached hydrogens (tertiary/aromatic N) is 2. The standard InChI is InChI=1S/C12H8F2N2O3S/c1-5-4-20-12(18)16(5)11-7-2-6(3-17)8(13)9(14)10(7)19-15-11/h2-3,5H,4H2,1H3/t5-/m1/s1. The van der Waals surface area contributed by atoms with Crippen LogP contribution in [0.1, 0.15) is 17.3 Å². The van der Waals surface area contributed by atoms with Gasteiger partial charge in [-0.05, 0) is 13.0 Å². The fourth-order valence-electron chi connectivity index (χ4n) is 2.09. The Morgan fingerprint density at radius 2 is 2.25 bits per heavy atom. The average Bonchev–Trinajstić information content (AvgIpc) is 2.97. The van der Waals surface area contributed by atoms with E-state index in [2.05, 4.69) is 5.16 Å². The lowest BCUT2D eigenvalue weighted by atomic mass is 10.1. The summed E-state index contributed by atoms with van der Waals surface area (Å²) in [7, 11) is 0. The molecule has 0 bridgehead atoms. The minimum Gasteiger partial charge on any atom is -0.351 e. The van der Waals surface area contributed by atoms with Crippen molar-refractivity contribution in [1.29, 1.82) is 0 Å². The Bertz CT molecular complexity index is 731. The summed E-state index contributed by atoms with van der Waals surface area (Å²) in [6.07, 6.45) is 0.207. The Morgan fingerprint density at radius 1 is 1.50 bits per heavy atom. The lowest BCUT2D eigenvalue weighted by Gasteiger charge is -2.17. The highest BCUT2D eigenvalue weighted by atomic mass is 32.2. The van der Waals surface area contributed by atoms with Crippen LogP contribution in [-0.4, -0.2) is 28.5 Å². The Kier molecular flexibility index (Phi) is 2.97. The predicted molar refractivity (Wildman–Crippen MR) is 69.1 cm³/mol. The third kappa shape index (κ3) is 1.71. The van der Waals surface area contributed by atoms with E-state index < -0.39 is 22.8 Å². The molecule has 0 spiro atoms. The maximum Gasteiger partial charge on any atom is 0.287 e. The molecule has 5 nitrogen and oxygen atoms in total. The largest absolute Gasteiger partial charge is 0.351 e. The van der Waals surface area contributed by atoms with Crippen LogP contribution in [0, 0.1) is 11.6 Å². The zero-order valence-electron chi connectivity index (χ0n) is 10.2. The van der Waals surface area contributed by atoms with Crippen LogP contribution in [0.2, 0.25) is 0 Å². The Labute approximate surface area is 115 Å². The molecular formula is C12H8F2N2O3S. The van der Waals surface area contributed by atoms with E-state index in [-0.39, 0.29) is 28.8 Å². The number of anilines is 1. The molecule has 1 aromatic carbocycles. The van der Waals surface area contributed by atoms with Crippen LogP contribution in [0.4, 0.5) is 19.4 Å². The molecule has 1 saturated heterocycles. The van der Waals surface area contributed by atoms with Gasteiger partial charge in [-0.25, -0.2) is 4.39 Å². The van der Waals surface area contributed by atoms with Gasteiger partial charge < -0.3 is 4.52 Å². The molecular weight excluding hydrogens is 290 g/mol. The van der Waals surface area contributed by atoms with Gasteiger partial charge in [-0.15, -0.1) is 0 Å². The number of amides is 1. The van der Waals surface area contributed by atoms with Crippen molar-refractivity contribution >= 4 is 40.1 Å². The summed E-state index contributed by atoms with van der Waals surface area (Å²) in [5, 5.41) is 3.51. The SMILES string of the molecule is C[C@@H]1CSC(=O)N1c1noc2c(F)c(F)c(C=O)cc12. The van der Waals surface area contributed by atoms with Crippen LogP contribution < -0.4 is 4.90 Å². The van der Waals surface area contributed by atoms with E-state index in [0.29, 0.717) is 5.75 Å². The molecule has 0 aliphatic carbocycles. The lowest BCUT2D eigenvalue weighted by Crippen LogP contribution is -2.30. The van der Waals surface area contributed by atoms with Crippen molar-refractivity contribution < 1.29 is 22.9 Å². The molecule has 1 atom stereocenters. The van der Waals surface area contributed by atoms with E-state index in [1.165, 1.54) is 4.90 Å². The molecule has 3 rings (SSSR count). The Morgan fingerprint density at radius 3 is 2.85 bits per heavy atom. The van der Waals surface area contributed by atoms with E-state index in [0.717, 1.165) is 17.8 Å². The molecule has 0 saturated carbocycles. The molecule has 1 fully saturated rings. The normalized spacial score (nSPS) is 19.1. The molecule has 0 N–H and O–H groups in total. The quantitative estimate of drug-likeness (QED) is 0.798. The summed E-state index contributed by atoms with van der Waals surface area (Å²) in [6, 6.07) is 0.990. The Balaban J connectivity index is 2.26. The summed E-state index contributed by atoms with van der Waals surface area (Å²) in [4.78, 5) is 23.9. The number of aldehydes is 1. The summed E-state index contributed by atoms with van der Waals surface area (Å²) in [5.74, 6) is -1.90. The number of fused-ring (bicyclic) bond motifs is 1. The summed E-state index contributed by atoms with van der Waals surface area (Å²) in [5.41, 5.74) is -0.841. The minimum absolute atomic E-state index is 0.101. The highest BCUT2D eigenvalue weighted by Crippen LogP contribution is 2.36. The molecule has 0 radical (unpaired) electrons. The van der Waals surface area contributed by atoms with Gasteiger partial charge in [-0.1, -0.05) is 16.9 Å². The topological polar surface area (TPSA) is 63.4 Å². The molecule has 2 aromatic rings. The van der Waals surface area contributed by atoms with Gasteiger partial charge in [0, 0.05) is 11.8 Å². The maximum absolute atomic E-state index is 13.8. The monoisotopic (exact) mass is 298 g/mol.